The smallest absolute Gasteiger partial charge is 0.306 e. The molecule has 1 aliphatic rings. The van der Waals surface area contributed by atoms with E-state index in [1.165, 1.54) is 12.5 Å². The van der Waals surface area contributed by atoms with Gasteiger partial charge in [0.05, 0.1) is 6.26 Å². The molecule has 0 amide bonds. The summed E-state index contributed by atoms with van der Waals surface area (Å²) < 4.78 is 15.5. The van der Waals surface area contributed by atoms with Crippen molar-refractivity contribution in [1.29, 1.82) is 0 Å². The van der Waals surface area contributed by atoms with Crippen LogP contribution < -0.4 is 0 Å². The SMILES string of the molecule is CC1(c2ccco2)OC=CO1. The lowest BCUT2D eigenvalue weighted by Gasteiger charge is -2.19. The summed E-state index contributed by atoms with van der Waals surface area (Å²) in [6.45, 7) is 1.80. The zero-order chi connectivity index (χ0) is 7.73. The molecule has 0 fully saturated rings. The van der Waals surface area contributed by atoms with Crippen molar-refractivity contribution in [3.63, 3.8) is 0 Å². The van der Waals surface area contributed by atoms with Crippen LogP contribution in [0.25, 0.3) is 0 Å². The second-order valence-electron chi connectivity index (χ2n) is 2.43. The Morgan fingerprint density at radius 3 is 2.55 bits per heavy atom. The van der Waals surface area contributed by atoms with Gasteiger partial charge >= 0.3 is 5.79 Å². The van der Waals surface area contributed by atoms with Crippen molar-refractivity contribution in [3.05, 3.63) is 36.7 Å². The first-order valence-corrected chi connectivity index (χ1v) is 3.36. The van der Waals surface area contributed by atoms with Crippen molar-refractivity contribution in [2.45, 2.75) is 12.7 Å². The highest BCUT2D eigenvalue weighted by Gasteiger charge is 2.34. The Balaban J connectivity index is 2.29. The Bertz CT molecular complexity index is 253. The van der Waals surface area contributed by atoms with Crippen molar-refractivity contribution in [2.24, 2.45) is 0 Å². The molecule has 3 nitrogen and oxygen atoms in total. The summed E-state index contributed by atoms with van der Waals surface area (Å²) in [5.41, 5.74) is 0. The zero-order valence-corrected chi connectivity index (χ0v) is 6.11. The van der Waals surface area contributed by atoms with E-state index in [-0.39, 0.29) is 0 Å². The number of hydrogen-bond donors (Lipinski definition) is 0. The predicted molar refractivity (Wildman–Crippen MR) is 37.4 cm³/mol. The fourth-order valence-electron chi connectivity index (χ4n) is 0.996. The van der Waals surface area contributed by atoms with Crippen LogP contribution in [0.2, 0.25) is 0 Å². The minimum absolute atomic E-state index is 0.669. The number of furan rings is 1. The molecule has 3 heteroatoms. The van der Waals surface area contributed by atoms with E-state index in [2.05, 4.69) is 0 Å². The summed E-state index contributed by atoms with van der Waals surface area (Å²) in [7, 11) is 0. The molecule has 0 radical (unpaired) electrons. The van der Waals surface area contributed by atoms with Crippen LogP contribution in [0.5, 0.6) is 0 Å². The first-order valence-electron chi connectivity index (χ1n) is 3.36. The lowest BCUT2D eigenvalue weighted by molar-refractivity contribution is -0.147. The van der Waals surface area contributed by atoms with E-state index in [4.69, 9.17) is 13.9 Å². The molecule has 0 unspecified atom stereocenters. The highest BCUT2D eigenvalue weighted by molar-refractivity contribution is 5.07. The van der Waals surface area contributed by atoms with Gasteiger partial charge in [0, 0.05) is 6.92 Å². The second-order valence-corrected chi connectivity index (χ2v) is 2.43. The summed E-state index contributed by atoms with van der Waals surface area (Å²) in [6.07, 6.45) is 4.59. The first-order chi connectivity index (χ1) is 5.31. The molecule has 0 saturated heterocycles. The maximum atomic E-state index is 5.19. The summed E-state index contributed by atoms with van der Waals surface area (Å²) >= 11 is 0. The fourth-order valence-corrected chi connectivity index (χ4v) is 0.996. The Labute approximate surface area is 64.2 Å². The molecule has 1 aliphatic heterocycles. The highest BCUT2D eigenvalue weighted by Crippen LogP contribution is 2.31. The predicted octanol–water partition coefficient (Wildman–Crippen LogP) is 1.97. The van der Waals surface area contributed by atoms with Gasteiger partial charge in [-0.15, -0.1) is 0 Å². The van der Waals surface area contributed by atoms with Crippen LogP contribution in [0.15, 0.2) is 35.3 Å². The topological polar surface area (TPSA) is 31.6 Å². The van der Waals surface area contributed by atoms with Gasteiger partial charge in [0.2, 0.25) is 0 Å². The Kier molecular flexibility index (Phi) is 1.18. The molecule has 58 valence electrons. The molecule has 0 bridgehead atoms. The van der Waals surface area contributed by atoms with Gasteiger partial charge in [0.15, 0.2) is 5.76 Å². The number of hydrogen-bond acceptors (Lipinski definition) is 3. The highest BCUT2D eigenvalue weighted by atomic mass is 16.7. The Hall–Kier alpha value is -1.38. The van der Waals surface area contributed by atoms with E-state index in [0.717, 1.165) is 0 Å². The average Bonchev–Trinajstić information content (AvgIpc) is 2.55. The lowest BCUT2D eigenvalue weighted by Crippen LogP contribution is -2.20. The minimum atomic E-state index is -0.760. The molecular formula is C8H8O3. The van der Waals surface area contributed by atoms with E-state index in [0.29, 0.717) is 5.76 Å². The van der Waals surface area contributed by atoms with Gasteiger partial charge in [-0.25, -0.2) is 0 Å². The summed E-state index contributed by atoms with van der Waals surface area (Å²) in [5, 5.41) is 0. The van der Waals surface area contributed by atoms with Crippen LogP contribution in [-0.2, 0) is 15.3 Å². The second kappa shape index (κ2) is 2.05. The maximum absolute atomic E-state index is 5.19. The van der Waals surface area contributed by atoms with Crippen molar-refractivity contribution < 1.29 is 13.9 Å². The zero-order valence-electron chi connectivity index (χ0n) is 6.11. The Morgan fingerprint density at radius 2 is 2.00 bits per heavy atom. The summed E-state index contributed by atoms with van der Waals surface area (Å²) in [5.74, 6) is -0.0914. The molecule has 0 atom stereocenters. The van der Waals surface area contributed by atoms with Crippen LogP contribution >= 0.6 is 0 Å². The molecule has 0 spiro atoms. The molecule has 11 heavy (non-hydrogen) atoms. The van der Waals surface area contributed by atoms with Gasteiger partial charge in [-0.2, -0.15) is 0 Å². The average molecular weight is 152 g/mol. The summed E-state index contributed by atoms with van der Waals surface area (Å²) in [4.78, 5) is 0. The molecule has 1 aromatic rings. The van der Waals surface area contributed by atoms with Crippen LogP contribution in [0.4, 0.5) is 0 Å². The number of rotatable bonds is 1. The molecule has 1 aromatic heterocycles. The van der Waals surface area contributed by atoms with Crippen molar-refractivity contribution >= 4 is 0 Å². The molecule has 2 heterocycles. The normalized spacial score (nSPS) is 19.4. The van der Waals surface area contributed by atoms with E-state index >= 15 is 0 Å². The standard InChI is InChI=1S/C8H8O3/c1-8(10-5-6-11-8)7-3-2-4-9-7/h2-6H,1H3. The van der Waals surface area contributed by atoms with E-state index in [1.54, 1.807) is 19.3 Å². The maximum Gasteiger partial charge on any atom is 0.306 e. The van der Waals surface area contributed by atoms with Crippen LogP contribution in [0, 0.1) is 0 Å². The quantitative estimate of drug-likeness (QED) is 0.616. The Morgan fingerprint density at radius 1 is 1.27 bits per heavy atom. The third-order valence-corrected chi connectivity index (χ3v) is 1.61. The summed E-state index contributed by atoms with van der Waals surface area (Å²) in [6, 6.07) is 3.61. The first kappa shape index (κ1) is 6.34. The van der Waals surface area contributed by atoms with E-state index in [9.17, 15) is 0 Å². The third kappa shape index (κ3) is 0.888. The van der Waals surface area contributed by atoms with Crippen LogP contribution in [-0.4, -0.2) is 0 Å². The monoisotopic (exact) mass is 152 g/mol. The number of ether oxygens (including phenoxy) is 2. The van der Waals surface area contributed by atoms with Gasteiger partial charge in [-0.1, -0.05) is 0 Å². The fraction of sp³-hybridized carbons (Fsp3) is 0.250. The molecule has 0 N–H and O–H groups in total. The van der Waals surface area contributed by atoms with Gasteiger partial charge in [0.25, 0.3) is 0 Å². The van der Waals surface area contributed by atoms with Crippen molar-refractivity contribution in [2.75, 3.05) is 0 Å². The van der Waals surface area contributed by atoms with Gasteiger partial charge in [-0.05, 0) is 12.1 Å². The molecular weight excluding hydrogens is 144 g/mol. The van der Waals surface area contributed by atoms with Crippen LogP contribution in [0.3, 0.4) is 0 Å². The minimum Gasteiger partial charge on any atom is -0.461 e. The lowest BCUT2D eigenvalue weighted by atomic mass is 10.2. The molecule has 0 aliphatic carbocycles. The van der Waals surface area contributed by atoms with Crippen LogP contribution in [0.1, 0.15) is 12.7 Å². The van der Waals surface area contributed by atoms with E-state index < -0.39 is 5.79 Å². The largest absolute Gasteiger partial charge is 0.461 e. The molecule has 0 saturated carbocycles. The van der Waals surface area contributed by atoms with Gasteiger partial charge in [-0.3, -0.25) is 0 Å². The third-order valence-electron chi connectivity index (χ3n) is 1.61. The molecule has 0 aromatic carbocycles. The van der Waals surface area contributed by atoms with Crippen molar-refractivity contribution in [3.8, 4) is 0 Å². The van der Waals surface area contributed by atoms with Gasteiger partial charge < -0.3 is 13.9 Å². The van der Waals surface area contributed by atoms with E-state index in [1.807, 2.05) is 6.07 Å². The van der Waals surface area contributed by atoms with Gasteiger partial charge in [0.1, 0.15) is 12.5 Å². The molecule has 2 rings (SSSR count). The van der Waals surface area contributed by atoms with Crippen molar-refractivity contribution in [1.82, 2.24) is 0 Å².